The number of rotatable bonds is 6. The van der Waals surface area contributed by atoms with E-state index in [4.69, 9.17) is 5.11 Å². The number of aliphatic hydroxyl groups excluding tert-OH is 1. The van der Waals surface area contributed by atoms with Crippen LogP contribution in [0, 0.1) is 6.92 Å². The van der Waals surface area contributed by atoms with E-state index in [0.29, 0.717) is 6.54 Å². The van der Waals surface area contributed by atoms with Crippen LogP contribution in [-0.2, 0) is 6.54 Å². The van der Waals surface area contributed by atoms with Crippen LogP contribution < -0.4 is 0 Å². The lowest BCUT2D eigenvalue weighted by atomic mass is 10.3. The molecule has 2 aromatic rings. The number of pyridine rings is 1. The molecule has 0 atom stereocenters. The highest BCUT2D eigenvalue weighted by atomic mass is 16.3. The molecule has 1 N–H and O–H groups in total. The number of aliphatic hydroxyl groups is 1. The molecule has 0 radical (unpaired) electrons. The van der Waals surface area contributed by atoms with Crippen molar-refractivity contribution < 1.29 is 5.11 Å². The summed E-state index contributed by atoms with van der Waals surface area (Å²) < 4.78 is 2.10. The van der Waals surface area contributed by atoms with Crippen LogP contribution in [0.2, 0.25) is 0 Å². The zero-order valence-corrected chi connectivity index (χ0v) is 10.7. The largest absolute Gasteiger partial charge is 0.395 e. The van der Waals surface area contributed by atoms with E-state index >= 15 is 0 Å². The van der Waals surface area contributed by atoms with Crippen molar-refractivity contribution in [3.8, 4) is 0 Å². The molecule has 0 aliphatic heterocycles. The number of hydrogen-bond acceptors (Lipinski definition) is 3. The first-order valence-electron chi connectivity index (χ1n) is 6.12. The maximum absolute atomic E-state index is 9.05. The third kappa shape index (κ3) is 2.60. The first-order valence-corrected chi connectivity index (χ1v) is 6.12. The van der Waals surface area contributed by atoms with E-state index in [2.05, 4.69) is 33.9 Å². The predicted molar refractivity (Wildman–Crippen MR) is 72.5 cm³/mol. The molecule has 0 aliphatic rings. The van der Waals surface area contributed by atoms with Gasteiger partial charge < -0.3 is 9.51 Å². The van der Waals surface area contributed by atoms with Gasteiger partial charge in [-0.1, -0.05) is 12.1 Å². The lowest BCUT2D eigenvalue weighted by molar-refractivity contribution is 0.202. The lowest BCUT2D eigenvalue weighted by Gasteiger charge is -2.18. The van der Waals surface area contributed by atoms with Crippen molar-refractivity contribution in [1.82, 2.24) is 14.3 Å². The minimum Gasteiger partial charge on any atom is -0.395 e. The number of nitrogens with zero attached hydrogens (tertiary/aromatic N) is 3. The van der Waals surface area contributed by atoms with Gasteiger partial charge in [0.05, 0.1) is 18.5 Å². The Bertz CT molecular complexity index is 533. The average molecular weight is 245 g/mol. The van der Waals surface area contributed by atoms with Crippen molar-refractivity contribution in [2.24, 2.45) is 0 Å². The van der Waals surface area contributed by atoms with Gasteiger partial charge in [-0.3, -0.25) is 4.90 Å². The van der Waals surface area contributed by atoms with Gasteiger partial charge in [0.15, 0.2) is 0 Å². The molecule has 0 aliphatic carbocycles. The molecular weight excluding hydrogens is 226 g/mol. The quantitative estimate of drug-likeness (QED) is 0.786. The van der Waals surface area contributed by atoms with Crippen molar-refractivity contribution in [3.63, 3.8) is 0 Å². The van der Waals surface area contributed by atoms with Gasteiger partial charge in [-0.25, -0.2) is 4.98 Å². The first kappa shape index (κ1) is 12.8. The molecule has 2 rings (SSSR count). The van der Waals surface area contributed by atoms with Crippen molar-refractivity contribution in [3.05, 3.63) is 48.4 Å². The second-order valence-electron chi connectivity index (χ2n) is 4.38. The Morgan fingerprint density at radius 2 is 2.39 bits per heavy atom. The Labute approximate surface area is 107 Å². The summed E-state index contributed by atoms with van der Waals surface area (Å²) in [7, 11) is 0. The van der Waals surface area contributed by atoms with Gasteiger partial charge in [-0.05, 0) is 18.6 Å². The topological polar surface area (TPSA) is 40.8 Å². The molecular formula is C14H19N3O. The Hall–Kier alpha value is -1.65. The van der Waals surface area contributed by atoms with Gasteiger partial charge in [0.25, 0.3) is 0 Å². The monoisotopic (exact) mass is 245 g/mol. The van der Waals surface area contributed by atoms with Gasteiger partial charge in [0.2, 0.25) is 0 Å². The fourth-order valence-corrected chi connectivity index (χ4v) is 2.11. The summed E-state index contributed by atoms with van der Waals surface area (Å²) in [4.78, 5) is 6.58. The molecule has 0 unspecified atom stereocenters. The van der Waals surface area contributed by atoms with Gasteiger partial charge in [-0.15, -0.1) is 6.58 Å². The van der Waals surface area contributed by atoms with Crippen LogP contribution in [0.15, 0.2) is 37.2 Å². The first-order chi connectivity index (χ1) is 8.76. The van der Waals surface area contributed by atoms with Gasteiger partial charge in [0.1, 0.15) is 5.65 Å². The number of fused-ring (bicyclic) bond motifs is 1. The molecule has 2 aromatic heterocycles. The molecule has 4 nitrogen and oxygen atoms in total. The Morgan fingerprint density at radius 3 is 3.11 bits per heavy atom. The summed E-state index contributed by atoms with van der Waals surface area (Å²) in [6.07, 6.45) is 5.77. The smallest absolute Gasteiger partial charge is 0.139 e. The van der Waals surface area contributed by atoms with Crippen molar-refractivity contribution in [2.75, 3.05) is 19.7 Å². The van der Waals surface area contributed by atoms with E-state index in [1.807, 2.05) is 24.5 Å². The summed E-state index contributed by atoms with van der Waals surface area (Å²) in [5, 5.41) is 9.05. The fraction of sp³-hybridized carbons (Fsp3) is 0.357. The van der Waals surface area contributed by atoms with Gasteiger partial charge >= 0.3 is 0 Å². The van der Waals surface area contributed by atoms with Crippen LogP contribution in [0.25, 0.3) is 5.65 Å². The van der Waals surface area contributed by atoms with Crippen LogP contribution in [0.5, 0.6) is 0 Å². The number of imidazole rings is 1. The molecule has 0 fully saturated rings. The van der Waals surface area contributed by atoms with Crippen molar-refractivity contribution >= 4 is 5.65 Å². The molecule has 0 saturated carbocycles. The highest BCUT2D eigenvalue weighted by Crippen LogP contribution is 2.12. The second kappa shape index (κ2) is 5.80. The molecule has 0 amide bonds. The molecule has 2 heterocycles. The average Bonchev–Trinajstić information content (AvgIpc) is 2.75. The van der Waals surface area contributed by atoms with E-state index in [1.54, 1.807) is 0 Å². The molecule has 18 heavy (non-hydrogen) atoms. The number of hydrogen-bond donors (Lipinski definition) is 1. The van der Waals surface area contributed by atoms with Crippen LogP contribution in [0.1, 0.15) is 11.3 Å². The zero-order valence-electron chi connectivity index (χ0n) is 10.7. The maximum atomic E-state index is 9.05. The summed E-state index contributed by atoms with van der Waals surface area (Å²) in [5.74, 6) is 0. The summed E-state index contributed by atoms with van der Waals surface area (Å²) in [6.45, 7) is 8.12. The molecule has 0 bridgehead atoms. The minimum absolute atomic E-state index is 0.156. The van der Waals surface area contributed by atoms with E-state index in [9.17, 15) is 0 Å². The Kier molecular flexibility index (Phi) is 4.12. The SMILES string of the molecule is C=CCN(CCO)Cc1cnc2c(C)cccn12. The third-order valence-electron chi connectivity index (χ3n) is 3.00. The van der Waals surface area contributed by atoms with Crippen molar-refractivity contribution in [1.29, 1.82) is 0 Å². The highest BCUT2D eigenvalue weighted by molar-refractivity contribution is 5.48. The summed E-state index contributed by atoms with van der Waals surface area (Å²) >= 11 is 0. The standard InChI is InChI=1S/C14H19N3O/c1-3-6-16(8-9-18)11-13-10-15-14-12(2)5-4-7-17(13)14/h3-5,7,10,18H,1,6,8-9,11H2,2H3. The minimum atomic E-state index is 0.156. The van der Waals surface area contributed by atoms with Gasteiger partial charge in [0, 0.05) is 25.8 Å². The summed E-state index contributed by atoms with van der Waals surface area (Å²) in [5.41, 5.74) is 3.29. The van der Waals surface area contributed by atoms with Gasteiger partial charge in [-0.2, -0.15) is 0 Å². The lowest BCUT2D eigenvalue weighted by Crippen LogP contribution is -2.27. The van der Waals surface area contributed by atoms with E-state index in [0.717, 1.165) is 24.4 Å². The van der Waals surface area contributed by atoms with Crippen LogP contribution in [0.3, 0.4) is 0 Å². The maximum Gasteiger partial charge on any atom is 0.139 e. The molecule has 0 spiro atoms. The molecule has 4 heteroatoms. The Morgan fingerprint density at radius 1 is 1.56 bits per heavy atom. The predicted octanol–water partition coefficient (Wildman–Crippen LogP) is 1.62. The van der Waals surface area contributed by atoms with E-state index < -0.39 is 0 Å². The van der Waals surface area contributed by atoms with E-state index in [-0.39, 0.29) is 6.61 Å². The molecule has 0 aromatic carbocycles. The molecule has 0 saturated heterocycles. The molecule has 96 valence electrons. The van der Waals surface area contributed by atoms with Crippen molar-refractivity contribution in [2.45, 2.75) is 13.5 Å². The normalized spacial score (nSPS) is 11.3. The fourth-order valence-electron chi connectivity index (χ4n) is 2.11. The summed E-state index contributed by atoms with van der Waals surface area (Å²) in [6, 6.07) is 4.08. The zero-order chi connectivity index (χ0) is 13.0. The number of aromatic nitrogens is 2. The van der Waals surface area contributed by atoms with Crippen LogP contribution >= 0.6 is 0 Å². The Balaban J connectivity index is 2.25. The van der Waals surface area contributed by atoms with Crippen LogP contribution in [-0.4, -0.2) is 39.1 Å². The second-order valence-corrected chi connectivity index (χ2v) is 4.38. The highest BCUT2D eigenvalue weighted by Gasteiger charge is 2.09. The van der Waals surface area contributed by atoms with Crippen LogP contribution in [0.4, 0.5) is 0 Å². The van der Waals surface area contributed by atoms with E-state index in [1.165, 1.54) is 5.56 Å². The third-order valence-corrected chi connectivity index (χ3v) is 3.00. The number of aryl methyl sites for hydroxylation is 1.